The lowest BCUT2D eigenvalue weighted by Gasteiger charge is -2.12. The first kappa shape index (κ1) is 59.5. The summed E-state index contributed by atoms with van der Waals surface area (Å²) in [6, 6.07) is 28.3. The summed E-state index contributed by atoms with van der Waals surface area (Å²) < 4.78 is 34.2. The normalized spacial score (nSPS) is 11.1. The zero-order valence-electron chi connectivity index (χ0n) is 43.5. The van der Waals surface area contributed by atoms with Crippen LogP contribution in [0.5, 0.6) is 34.5 Å². The number of rotatable bonds is 32. The molecular weight excluding hydrogens is 1050 g/mol. The summed E-state index contributed by atoms with van der Waals surface area (Å²) in [4.78, 5) is 52.8. The first-order chi connectivity index (χ1) is 36.9. The Kier molecular flexibility index (Phi) is 25.1. The van der Waals surface area contributed by atoms with Crippen LogP contribution < -0.4 is 28.4 Å². The van der Waals surface area contributed by atoms with E-state index in [2.05, 4.69) is 13.8 Å². The molecule has 404 valence electrons. The van der Waals surface area contributed by atoms with Gasteiger partial charge in [0.25, 0.3) is 0 Å². The molecule has 0 aliphatic heterocycles. The maximum absolute atomic E-state index is 13.3. The first-order valence-electron chi connectivity index (χ1n) is 26.8. The molecule has 0 spiro atoms. The number of hydrogen-bond donors (Lipinski definition) is 0. The Morgan fingerprint density at radius 3 is 0.934 bits per heavy atom. The standard InChI is InChI=1S/C62H68Cl4O10/c1-3-5-7-9-11-13-15-17-19-21-35-71-49-29-25-44(26-30-49)59(67)75-57-53(63)39-47(40-54(57)64)61(69)73-51-33-23-43-24-34-52(38-46(43)37-51)74-62(70)48-41-55(65)58(56(66)42-48)76-60(68)45-27-31-50(32-28-45)72-36-22-20-18-16-14-12-10-8-6-4-2/h23-34,37-42H,3-22,35-36H2,1-2H3. The Labute approximate surface area is 467 Å². The van der Waals surface area contributed by atoms with Crippen LogP contribution in [0, 0.1) is 0 Å². The van der Waals surface area contributed by atoms with Crippen molar-refractivity contribution in [3.05, 3.63) is 152 Å². The molecule has 0 unspecified atom stereocenters. The molecule has 0 radical (unpaired) electrons. The van der Waals surface area contributed by atoms with E-state index in [0.29, 0.717) is 30.1 Å². The largest absolute Gasteiger partial charge is 0.494 e. The summed E-state index contributed by atoms with van der Waals surface area (Å²) in [6.07, 6.45) is 24.8. The molecule has 0 amide bonds. The van der Waals surface area contributed by atoms with Crippen molar-refractivity contribution in [1.82, 2.24) is 0 Å². The minimum atomic E-state index is -0.780. The van der Waals surface area contributed by atoms with Gasteiger partial charge in [-0.1, -0.05) is 188 Å². The van der Waals surface area contributed by atoms with E-state index < -0.39 is 23.9 Å². The zero-order valence-corrected chi connectivity index (χ0v) is 46.6. The summed E-state index contributed by atoms with van der Waals surface area (Å²) in [5, 5.41) is 1.03. The van der Waals surface area contributed by atoms with Crippen molar-refractivity contribution in [2.75, 3.05) is 13.2 Å². The molecule has 0 atom stereocenters. The number of hydrogen-bond acceptors (Lipinski definition) is 10. The van der Waals surface area contributed by atoms with Gasteiger partial charge in [0.05, 0.1) is 55.6 Å². The third-order valence-corrected chi connectivity index (χ3v) is 13.9. The van der Waals surface area contributed by atoms with Gasteiger partial charge in [0.2, 0.25) is 0 Å². The Balaban J connectivity index is 0.950. The SMILES string of the molecule is CCCCCCCCCCCCOc1ccc(C(=O)Oc2c(Cl)cc(C(=O)Oc3ccc4ccc(OC(=O)c5cc(Cl)c(OC(=O)c6ccc(OCCCCCCCCCCCC)cc6)c(Cl)c5)cc4c3)cc2Cl)cc1. The molecule has 10 nitrogen and oxygen atoms in total. The van der Waals surface area contributed by atoms with E-state index in [1.807, 2.05) is 0 Å². The van der Waals surface area contributed by atoms with Gasteiger partial charge in [-0.3, -0.25) is 0 Å². The van der Waals surface area contributed by atoms with E-state index in [4.69, 9.17) is 74.8 Å². The molecular formula is C62H68Cl4O10. The highest BCUT2D eigenvalue weighted by atomic mass is 35.5. The second-order valence-electron chi connectivity index (χ2n) is 18.9. The fraction of sp³-hybridized carbons (Fsp3) is 0.387. The Hall–Kier alpha value is -5.78. The maximum atomic E-state index is 13.3. The highest BCUT2D eigenvalue weighted by Crippen LogP contribution is 2.37. The lowest BCUT2D eigenvalue weighted by Crippen LogP contribution is -2.12. The molecule has 0 bridgehead atoms. The van der Waals surface area contributed by atoms with Crippen molar-refractivity contribution in [3.63, 3.8) is 0 Å². The molecule has 6 aromatic carbocycles. The van der Waals surface area contributed by atoms with Crippen molar-refractivity contribution >= 4 is 81.1 Å². The van der Waals surface area contributed by atoms with Crippen molar-refractivity contribution in [1.29, 1.82) is 0 Å². The van der Waals surface area contributed by atoms with Crippen molar-refractivity contribution < 1.29 is 47.6 Å². The van der Waals surface area contributed by atoms with Gasteiger partial charge in [0.1, 0.15) is 23.0 Å². The molecule has 0 fully saturated rings. The second kappa shape index (κ2) is 32.1. The average molecular weight is 1120 g/mol. The third-order valence-electron chi connectivity index (χ3n) is 12.8. The fourth-order valence-electron chi connectivity index (χ4n) is 8.45. The van der Waals surface area contributed by atoms with Crippen LogP contribution in [0.2, 0.25) is 20.1 Å². The Morgan fingerprint density at radius 2 is 0.605 bits per heavy atom. The van der Waals surface area contributed by atoms with Crippen LogP contribution >= 0.6 is 46.4 Å². The molecule has 0 saturated heterocycles. The van der Waals surface area contributed by atoms with Crippen molar-refractivity contribution in [2.45, 2.75) is 142 Å². The minimum Gasteiger partial charge on any atom is -0.494 e. The molecule has 6 aromatic rings. The van der Waals surface area contributed by atoms with Gasteiger partial charge in [-0.25, -0.2) is 19.2 Å². The molecule has 0 aliphatic rings. The number of benzene rings is 6. The quantitative estimate of drug-likeness (QED) is 0.0229. The van der Waals surface area contributed by atoms with Gasteiger partial charge in [0.15, 0.2) is 11.5 Å². The highest BCUT2D eigenvalue weighted by Gasteiger charge is 2.22. The third kappa shape index (κ3) is 19.3. The molecule has 0 N–H and O–H groups in total. The molecule has 76 heavy (non-hydrogen) atoms. The zero-order chi connectivity index (χ0) is 54.1. The van der Waals surface area contributed by atoms with Crippen LogP contribution in [0.4, 0.5) is 0 Å². The van der Waals surface area contributed by atoms with E-state index in [1.54, 1.807) is 84.9 Å². The van der Waals surface area contributed by atoms with E-state index in [1.165, 1.54) is 127 Å². The summed E-state index contributed by atoms with van der Waals surface area (Å²) in [7, 11) is 0. The molecule has 0 aromatic heterocycles. The Bertz CT molecular complexity index is 2600. The number of unbranched alkanes of at least 4 members (excludes halogenated alkanes) is 18. The lowest BCUT2D eigenvalue weighted by atomic mass is 10.1. The maximum Gasteiger partial charge on any atom is 0.343 e. The smallest absolute Gasteiger partial charge is 0.343 e. The van der Waals surface area contributed by atoms with Gasteiger partial charge in [-0.05, 0) is 121 Å². The predicted molar refractivity (Wildman–Crippen MR) is 304 cm³/mol. The monoisotopic (exact) mass is 1110 g/mol. The van der Waals surface area contributed by atoms with E-state index >= 15 is 0 Å². The molecule has 0 aliphatic carbocycles. The fourth-order valence-corrected chi connectivity index (χ4v) is 9.58. The van der Waals surface area contributed by atoms with Gasteiger partial charge in [-0.2, -0.15) is 0 Å². The first-order valence-corrected chi connectivity index (χ1v) is 28.3. The molecule has 6 rings (SSSR count). The van der Waals surface area contributed by atoms with Gasteiger partial charge >= 0.3 is 23.9 Å². The van der Waals surface area contributed by atoms with Crippen molar-refractivity contribution in [2.24, 2.45) is 0 Å². The number of fused-ring (bicyclic) bond motifs is 1. The number of carbonyl (C=O) groups is 4. The lowest BCUT2D eigenvalue weighted by molar-refractivity contribution is 0.0720. The summed E-state index contributed by atoms with van der Waals surface area (Å²) in [5.74, 6) is -1.52. The minimum absolute atomic E-state index is 0.00794. The van der Waals surface area contributed by atoms with Crippen LogP contribution in [0.25, 0.3) is 10.8 Å². The van der Waals surface area contributed by atoms with E-state index in [-0.39, 0.29) is 65.3 Å². The van der Waals surface area contributed by atoms with Crippen molar-refractivity contribution in [3.8, 4) is 34.5 Å². The van der Waals surface area contributed by atoms with Gasteiger partial charge in [0, 0.05) is 0 Å². The van der Waals surface area contributed by atoms with E-state index in [0.717, 1.165) is 31.1 Å². The topological polar surface area (TPSA) is 124 Å². The predicted octanol–water partition coefficient (Wildman–Crippen LogP) is 18.9. The van der Waals surface area contributed by atoms with E-state index in [9.17, 15) is 19.2 Å². The number of esters is 4. The summed E-state index contributed by atoms with van der Waals surface area (Å²) in [5.41, 5.74) is 0.538. The van der Waals surface area contributed by atoms with Crippen LogP contribution in [-0.4, -0.2) is 37.1 Å². The van der Waals surface area contributed by atoms with Crippen LogP contribution in [0.1, 0.15) is 184 Å². The molecule has 0 saturated carbocycles. The van der Waals surface area contributed by atoms with Gasteiger partial charge in [-0.15, -0.1) is 0 Å². The molecule has 14 heteroatoms. The van der Waals surface area contributed by atoms with Crippen LogP contribution in [0.15, 0.2) is 109 Å². The summed E-state index contributed by atoms with van der Waals surface area (Å²) >= 11 is 26.0. The summed E-state index contributed by atoms with van der Waals surface area (Å²) in [6.45, 7) is 5.67. The Morgan fingerprint density at radius 1 is 0.316 bits per heavy atom. The van der Waals surface area contributed by atoms with Gasteiger partial charge < -0.3 is 28.4 Å². The van der Waals surface area contributed by atoms with Crippen LogP contribution in [-0.2, 0) is 0 Å². The second-order valence-corrected chi connectivity index (χ2v) is 20.5. The number of halogens is 4. The number of ether oxygens (including phenoxy) is 6. The number of carbonyl (C=O) groups excluding carboxylic acids is 4. The van der Waals surface area contributed by atoms with Crippen LogP contribution in [0.3, 0.4) is 0 Å². The average Bonchev–Trinajstić information content (AvgIpc) is 3.41. The highest BCUT2D eigenvalue weighted by molar-refractivity contribution is 6.38. The molecule has 0 heterocycles.